The van der Waals surface area contributed by atoms with Crippen LogP contribution in [-0.2, 0) is 0 Å². The number of nitrogens with zero attached hydrogens (tertiary/aromatic N) is 1. The number of nitrogens with two attached hydrogens (primary N) is 1. The van der Waals surface area contributed by atoms with Crippen molar-refractivity contribution in [2.75, 3.05) is 5.73 Å². The lowest BCUT2D eigenvalue weighted by molar-refractivity contribution is 0.0958. The Morgan fingerprint density at radius 2 is 2.06 bits per heavy atom. The van der Waals surface area contributed by atoms with E-state index < -0.39 is 0 Å². The van der Waals surface area contributed by atoms with Crippen molar-refractivity contribution in [3.63, 3.8) is 0 Å². The summed E-state index contributed by atoms with van der Waals surface area (Å²) in [4.78, 5) is 4.27. The molecular weight excluding hydrogens is 212 g/mol. The van der Waals surface area contributed by atoms with Gasteiger partial charge in [-0.05, 0) is 44.1 Å². The summed E-state index contributed by atoms with van der Waals surface area (Å²) in [6.45, 7) is 6.63. The first-order chi connectivity index (χ1) is 8.06. The number of rotatable bonds is 2. The monoisotopic (exact) mass is 234 g/mol. The average Bonchev–Trinajstić information content (AvgIpc) is 2.27. The molecule has 0 aromatic carbocycles. The number of nitrogen functional groups attached to an aromatic ring is 1. The Labute approximate surface area is 103 Å². The summed E-state index contributed by atoms with van der Waals surface area (Å²) in [5.74, 6) is 2.30. The van der Waals surface area contributed by atoms with E-state index >= 15 is 0 Å². The number of pyridine rings is 1. The van der Waals surface area contributed by atoms with Crippen LogP contribution in [0.2, 0.25) is 0 Å². The van der Waals surface area contributed by atoms with Crippen molar-refractivity contribution in [1.82, 2.24) is 4.98 Å². The zero-order valence-electron chi connectivity index (χ0n) is 10.9. The summed E-state index contributed by atoms with van der Waals surface area (Å²) in [6.07, 6.45) is 5.50. The number of ether oxygens (including phenoxy) is 1. The molecule has 17 heavy (non-hydrogen) atoms. The second-order valence-electron chi connectivity index (χ2n) is 5.40. The third kappa shape index (κ3) is 2.90. The van der Waals surface area contributed by atoms with Crippen LogP contribution in [0, 0.1) is 18.8 Å². The van der Waals surface area contributed by atoms with Crippen LogP contribution < -0.4 is 10.5 Å². The quantitative estimate of drug-likeness (QED) is 0.855. The van der Waals surface area contributed by atoms with Gasteiger partial charge in [0.05, 0.1) is 11.9 Å². The third-order valence-electron chi connectivity index (χ3n) is 3.88. The summed E-state index contributed by atoms with van der Waals surface area (Å²) in [5.41, 5.74) is 7.40. The van der Waals surface area contributed by atoms with E-state index in [0.29, 0.717) is 11.8 Å². The molecule has 1 aromatic rings. The van der Waals surface area contributed by atoms with Gasteiger partial charge in [0.1, 0.15) is 6.10 Å². The molecule has 94 valence electrons. The Morgan fingerprint density at radius 3 is 2.71 bits per heavy atom. The predicted molar refractivity (Wildman–Crippen MR) is 70.0 cm³/mol. The first-order valence-electron chi connectivity index (χ1n) is 6.45. The average molecular weight is 234 g/mol. The van der Waals surface area contributed by atoms with Gasteiger partial charge < -0.3 is 10.5 Å². The van der Waals surface area contributed by atoms with Gasteiger partial charge in [0.15, 0.2) is 0 Å². The van der Waals surface area contributed by atoms with E-state index in [1.54, 1.807) is 6.20 Å². The number of anilines is 1. The van der Waals surface area contributed by atoms with Crippen LogP contribution in [0.4, 0.5) is 5.69 Å². The van der Waals surface area contributed by atoms with Crippen LogP contribution in [0.25, 0.3) is 0 Å². The molecule has 0 spiro atoms. The van der Waals surface area contributed by atoms with E-state index in [9.17, 15) is 0 Å². The van der Waals surface area contributed by atoms with Crippen LogP contribution in [0.5, 0.6) is 5.88 Å². The number of hydrogen-bond acceptors (Lipinski definition) is 3. The fraction of sp³-hybridized carbons (Fsp3) is 0.643. The molecule has 0 aliphatic heterocycles. The van der Waals surface area contributed by atoms with Gasteiger partial charge in [0.2, 0.25) is 5.88 Å². The molecule has 3 nitrogen and oxygen atoms in total. The molecule has 1 heterocycles. The number of aromatic nitrogens is 1. The lowest BCUT2D eigenvalue weighted by Gasteiger charge is -2.32. The van der Waals surface area contributed by atoms with E-state index in [4.69, 9.17) is 10.5 Å². The second kappa shape index (κ2) is 4.94. The molecule has 0 saturated heterocycles. The van der Waals surface area contributed by atoms with Gasteiger partial charge in [-0.2, -0.15) is 0 Å². The Kier molecular flexibility index (Phi) is 3.55. The SMILES string of the molecule is Cc1cc(N)cnc1OC1CCC(C)C(C)C1. The lowest BCUT2D eigenvalue weighted by atomic mass is 9.80. The standard InChI is InChI=1S/C14H22N2O/c1-9-4-5-13(7-10(9)2)17-14-11(3)6-12(15)8-16-14/h6,8-10,13H,4-5,7,15H2,1-3H3. The summed E-state index contributed by atoms with van der Waals surface area (Å²) in [5, 5.41) is 0. The summed E-state index contributed by atoms with van der Waals surface area (Å²) in [6, 6.07) is 1.91. The van der Waals surface area contributed by atoms with Gasteiger partial charge in [-0.3, -0.25) is 0 Å². The smallest absolute Gasteiger partial charge is 0.216 e. The van der Waals surface area contributed by atoms with E-state index in [-0.39, 0.29) is 0 Å². The van der Waals surface area contributed by atoms with E-state index in [0.717, 1.165) is 36.1 Å². The van der Waals surface area contributed by atoms with Gasteiger partial charge in [-0.1, -0.05) is 13.8 Å². The molecule has 3 unspecified atom stereocenters. The van der Waals surface area contributed by atoms with E-state index in [1.807, 2.05) is 13.0 Å². The molecule has 1 fully saturated rings. The Morgan fingerprint density at radius 1 is 1.29 bits per heavy atom. The summed E-state index contributed by atoms with van der Waals surface area (Å²) < 4.78 is 5.99. The Bertz CT molecular complexity index is 392. The first-order valence-corrected chi connectivity index (χ1v) is 6.45. The predicted octanol–water partition coefficient (Wildman–Crippen LogP) is 3.18. The Balaban J connectivity index is 2.01. The minimum Gasteiger partial charge on any atom is -0.474 e. The highest BCUT2D eigenvalue weighted by atomic mass is 16.5. The van der Waals surface area contributed by atoms with Crippen molar-refractivity contribution in [2.24, 2.45) is 11.8 Å². The molecule has 0 radical (unpaired) electrons. The molecule has 0 amide bonds. The van der Waals surface area contributed by atoms with Crippen molar-refractivity contribution in [3.8, 4) is 5.88 Å². The van der Waals surface area contributed by atoms with Crippen molar-refractivity contribution in [2.45, 2.75) is 46.1 Å². The summed E-state index contributed by atoms with van der Waals surface area (Å²) in [7, 11) is 0. The van der Waals surface area contributed by atoms with Crippen molar-refractivity contribution in [3.05, 3.63) is 17.8 Å². The number of hydrogen-bond donors (Lipinski definition) is 1. The second-order valence-corrected chi connectivity index (χ2v) is 5.40. The van der Waals surface area contributed by atoms with Gasteiger partial charge in [-0.25, -0.2) is 4.98 Å². The van der Waals surface area contributed by atoms with Crippen molar-refractivity contribution < 1.29 is 4.74 Å². The third-order valence-corrected chi connectivity index (χ3v) is 3.88. The Hall–Kier alpha value is -1.25. The van der Waals surface area contributed by atoms with Gasteiger partial charge in [0.25, 0.3) is 0 Å². The minimum absolute atomic E-state index is 0.316. The first kappa shape index (κ1) is 12.2. The molecule has 2 rings (SSSR count). The van der Waals surface area contributed by atoms with E-state index in [1.165, 1.54) is 6.42 Å². The molecule has 1 aromatic heterocycles. The largest absolute Gasteiger partial charge is 0.474 e. The highest BCUT2D eigenvalue weighted by molar-refractivity contribution is 5.41. The lowest BCUT2D eigenvalue weighted by Crippen LogP contribution is -2.29. The summed E-state index contributed by atoms with van der Waals surface area (Å²) >= 11 is 0. The highest BCUT2D eigenvalue weighted by Gasteiger charge is 2.26. The van der Waals surface area contributed by atoms with Crippen LogP contribution in [-0.4, -0.2) is 11.1 Å². The van der Waals surface area contributed by atoms with Gasteiger partial charge in [-0.15, -0.1) is 0 Å². The number of aryl methyl sites for hydroxylation is 1. The maximum Gasteiger partial charge on any atom is 0.216 e. The normalized spacial score (nSPS) is 29.0. The van der Waals surface area contributed by atoms with Crippen LogP contribution >= 0.6 is 0 Å². The molecule has 2 N–H and O–H groups in total. The molecule has 3 heteroatoms. The molecule has 1 saturated carbocycles. The fourth-order valence-corrected chi connectivity index (χ4v) is 2.47. The molecular formula is C14H22N2O. The van der Waals surface area contributed by atoms with E-state index in [2.05, 4.69) is 18.8 Å². The maximum absolute atomic E-state index is 5.99. The minimum atomic E-state index is 0.316. The molecule has 1 aliphatic rings. The molecule has 3 atom stereocenters. The zero-order chi connectivity index (χ0) is 12.4. The fourth-order valence-electron chi connectivity index (χ4n) is 2.47. The molecule has 0 bridgehead atoms. The van der Waals surface area contributed by atoms with Crippen molar-refractivity contribution in [1.29, 1.82) is 0 Å². The molecule has 1 aliphatic carbocycles. The van der Waals surface area contributed by atoms with Crippen molar-refractivity contribution >= 4 is 5.69 Å². The van der Waals surface area contributed by atoms with Gasteiger partial charge in [0, 0.05) is 5.56 Å². The zero-order valence-corrected chi connectivity index (χ0v) is 10.9. The topological polar surface area (TPSA) is 48.1 Å². The van der Waals surface area contributed by atoms with Gasteiger partial charge >= 0.3 is 0 Å². The highest BCUT2D eigenvalue weighted by Crippen LogP contribution is 2.32. The van der Waals surface area contributed by atoms with Crippen LogP contribution in [0.15, 0.2) is 12.3 Å². The van der Waals surface area contributed by atoms with Crippen LogP contribution in [0.1, 0.15) is 38.7 Å². The van der Waals surface area contributed by atoms with Crippen LogP contribution in [0.3, 0.4) is 0 Å². The maximum atomic E-state index is 5.99.